The van der Waals surface area contributed by atoms with Crippen LogP contribution in [-0.4, -0.2) is 23.5 Å². The standard InChI is InChI=1S/C7H16N2O.ClH/c1-4-6(3)9(5-2)7(8)10;/h6H,4-5H2,1-3H3,(H2,8,10);1H. The summed E-state index contributed by atoms with van der Waals surface area (Å²) in [5, 5.41) is 0. The third-order valence-corrected chi connectivity index (χ3v) is 1.75. The van der Waals surface area contributed by atoms with Gasteiger partial charge in [0.2, 0.25) is 0 Å². The quantitative estimate of drug-likeness (QED) is 0.705. The number of primary amides is 1. The topological polar surface area (TPSA) is 46.3 Å². The number of urea groups is 1. The van der Waals surface area contributed by atoms with Crippen LogP contribution in [0.15, 0.2) is 0 Å². The van der Waals surface area contributed by atoms with E-state index in [1.807, 2.05) is 20.8 Å². The SMILES string of the molecule is CCC(C)N(CC)C(N)=O.Cl. The third-order valence-electron chi connectivity index (χ3n) is 1.75. The molecule has 0 bridgehead atoms. The van der Waals surface area contributed by atoms with E-state index in [1.54, 1.807) is 4.90 Å². The van der Waals surface area contributed by atoms with Gasteiger partial charge in [0.15, 0.2) is 0 Å². The minimum atomic E-state index is -0.322. The van der Waals surface area contributed by atoms with Gasteiger partial charge in [0, 0.05) is 12.6 Å². The van der Waals surface area contributed by atoms with Crippen LogP contribution in [-0.2, 0) is 0 Å². The van der Waals surface area contributed by atoms with Crippen LogP contribution < -0.4 is 5.73 Å². The number of hydrogen-bond donors (Lipinski definition) is 1. The summed E-state index contributed by atoms with van der Waals surface area (Å²) in [5.41, 5.74) is 5.11. The number of carbonyl (C=O) groups excluding carboxylic acids is 1. The summed E-state index contributed by atoms with van der Waals surface area (Å²) in [4.78, 5) is 12.3. The second-order valence-electron chi connectivity index (χ2n) is 2.38. The molecule has 3 nitrogen and oxygen atoms in total. The van der Waals surface area contributed by atoms with E-state index in [0.29, 0.717) is 6.54 Å². The molecule has 0 rings (SSSR count). The summed E-state index contributed by atoms with van der Waals surface area (Å²) < 4.78 is 0. The van der Waals surface area contributed by atoms with E-state index in [-0.39, 0.29) is 24.5 Å². The van der Waals surface area contributed by atoms with Crippen molar-refractivity contribution >= 4 is 18.4 Å². The lowest BCUT2D eigenvalue weighted by Gasteiger charge is -2.24. The highest BCUT2D eigenvalue weighted by atomic mass is 35.5. The Labute approximate surface area is 74.3 Å². The van der Waals surface area contributed by atoms with E-state index in [2.05, 4.69) is 0 Å². The van der Waals surface area contributed by atoms with E-state index < -0.39 is 0 Å². The average Bonchev–Trinajstić information content (AvgIpc) is 1.88. The zero-order valence-corrected chi connectivity index (χ0v) is 8.15. The van der Waals surface area contributed by atoms with Crippen molar-refractivity contribution < 1.29 is 4.79 Å². The fourth-order valence-corrected chi connectivity index (χ4v) is 0.905. The van der Waals surface area contributed by atoms with Crippen LogP contribution in [0, 0.1) is 0 Å². The van der Waals surface area contributed by atoms with Gasteiger partial charge in [0.25, 0.3) is 0 Å². The number of hydrogen-bond acceptors (Lipinski definition) is 1. The van der Waals surface area contributed by atoms with Crippen molar-refractivity contribution in [2.24, 2.45) is 5.73 Å². The van der Waals surface area contributed by atoms with E-state index in [4.69, 9.17) is 5.73 Å². The number of nitrogens with zero attached hydrogens (tertiary/aromatic N) is 1. The maximum absolute atomic E-state index is 10.7. The fraction of sp³-hybridized carbons (Fsp3) is 0.857. The van der Waals surface area contributed by atoms with Gasteiger partial charge in [-0.15, -0.1) is 12.4 Å². The van der Waals surface area contributed by atoms with Gasteiger partial charge in [0.1, 0.15) is 0 Å². The van der Waals surface area contributed by atoms with Crippen LogP contribution in [0.3, 0.4) is 0 Å². The fourth-order valence-electron chi connectivity index (χ4n) is 0.905. The van der Waals surface area contributed by atoms with Crippen molar-refractivity contribution in [3.05, 3.63) is 0 Å². The number of halogens is 1. The average molecular weight is 181 g/mol. The molecule has 2 N–H and O–H groups in total. The van der Waals surface area contributed by atoms with Crippen molar-refractivity contribution in [2.45, 2.75) is 33.2 Å². The Balaban J connectivity index is 0. The summed E-state index contributed by atoms with van der Waals surface area (Å²) in [7, 11) is 0. The molecule has 0 spiro atoms. The highest BCUT2D eigenvalue weighted by Crippen LogP contribution is 2.01. The molecule has 0 radical (unpaired) electrons. The van der Waals surface area contributed by atoms with Gasteiger partial charge >= 0.3 is 6.03 Å². The molecule has 1 atom stereocenters. The maximum atomic E-state index is 10.7. The molecule has 0 aliphatic carbocycles. The van der Waals surface area contributed by atoms with Crippen LogP contribution in [0.25, 0.3) is 0 Å². The van der Waals surface area contributed by atoms with Gasteiger partial charge in [-0.05, 0) is 20.3 Å². The Hall–Kier alpha value is -0.440. The molecule has 0 aromatic rings. The van der Waals surface area contributed by atoms with Crippen molar-refractivity contribution in [2.75, 3.05) is 6.54 Å². The third kappa shape index (κ3) is 4.09. The summed E-state index contributed by atoms with van der Waals surface area (Å²) in [5.74, 6) is 0. The lowest BCUT2D eigenvalue weighted by Crippen LogP contribution is -2.41. The van der Waals surface area contributed by atoms with Gasteiger partial charge in [-0.25, -0.2) is 4.79 Å². The molecular formula is C7H17ClN2O. The Morgan fingerprint density at radius 1 is 1.55 bits per heavy atom. The molecular weight excluding hydrogens is 164 g/mol. The monoisotopic (exact) mass is 180 g/mol. The van der Waals surface area contributed by atoms with Crippen LogP contribution in [0.4, 0.5) is 4.79 Å². The molecule has 0 aliphatic heterocycles. The number of rotatable bonds is 3. The first-order valence-corrected chi connectivity index (χ1v) is 3.69. The Bertz CT molecular complexity index is 119. The molecule has 0 saturated carbocycles. The highest BCUT2D eigenvalue weighted by molar-refractivity contribution is 5.85. The lowest BCUT2D eigenvalue weighted by molar-refractivity contribution is 0.190. The Kier molecular flexibility index (Phi) is 7.52. The van der Waals surface area contributed by atoms with E-state index in [0.717, 1.165) is 6.42 Å². The van der Waals surface area contributed by atoms with Crippen molar-refractivity contribution in [1.82, 2.24) is 4.90 Å². The molecule has 0 aromatic heterocycles. The van der Waals surface area contributed by atoms with Gasteiger partial charge < -0.3 is 10.6 Å². The lowest BCUT2D eigenvalue weighted by atomic mass is 10.2. The molecule has 0 aromatic carbocycles. The van der Waals surface area contributed by atoms with E-state index in [1.165, 1.54) is 0 Å². The summed E-state index contributed by atoms with van der Waals surface area (Å²) in [6.07, 6.45) is 0.955. The molecule has 2 amide bonds. The summed E-state index contributed by atoms with van der Waals surface area (Å²) in [6.45, 7) is 6.66. The zero-order chi connectivity index (χ0) is 8.15. The summed E-state index contributed by atoms with van der Waals surface area (Å²) in [6, 6.07) is -0.0562. The predicted molar refractivity (Wildman–Crippen MR) is 49.0 cm³/mol. The van der Waals surface area contributed by atoms with Crippen molar-refractivity contribution in [3.63, 3.8) is 0 Å². The van der Waals surface area contributed by atoms with Crippen LogP contribution in [0.5, 0.6) is 0 Å². The highest BCUT2D eigenvalue weighted by Gasteiger charge is 2.12. The molecule has 0 aliphatic rings. The molecule has 4 heteroatoms. The second kappa shape index (κ2) is 6.28. The first-order valence-electron chi connectivity index (χ1n) is 3.69. The minimum absolute atomic E-state index is 0. The van der Waals surface area contributed by atoms with E-state index in [9.17, 15) is 4.79 Å². The molecule has 11 heavy (non-hydrogen) atoms. The van der Waals surface area contributed by atoms with Gasteiger partial charge in [-0.3, -0.25) is 0 Å². The Morgan fingerprint density at radius 3 is 2.09 bits per heavy atom. The maximum Gasteiger partial charge on any atom is 0.315 e. The van der Waals surface area contributed by atoms with Crippen LogP contribution in [0.1, 0.15) is 27.2 Å². The smallest absolute Gasteiger partial charge is 0.315 e. The second-order valence-corrected chi connectivity index (χ2v) is 2.38. The predicted octanol–water partition coefficient (Wildman–Crippen LogP) is 1.61. The molecule has 1 unspecified atom stereocenters. The largest absolute Gasteiger partial charge is 0.351 e. The first-order chi connectivity index (χ1) is 4.63. The Morgan fingerprint density at radius 2 is 2.00 bits per heavy atom. The number of nitrogens with two attached hydrogens (primary N) is 1. The molecule has 0 heterocycles. The van der Waals surface area contributed by atoms with Gasteiger partial charge in [0.05, 0.1) is 0 Å². The van der Waals surface area contributed by atoms with Crippen molar-refractivity contribution in [3.8, 4) is 0 Å². The van der Waals surface area contributed by atoms with Crippen LogP contribution >= 0.6 is 12.4 Å². The normalized spacial score (nSPS) is 11.5. The van der Waals surface area contributed by atoms with Crippen molar-refractivity contribution in [1.29, 1.82) is 0 Å². The number of amides is 2. The van der Waals surface area contributed by atoms with Gasteiger partial charge in [-0.2, -0.15) is 0 Å². The molecule has 68 valence electrons. The first kappa shape index (κ1) is 13.2. The van der Waals surface area contributed by atoms with Crippen LogP contribution in [0.2, 0.25) is 0 Å². The van der Waals surface area contributed by atoms with Gasteiger partial charge in [-0.1, -0.05) is 6.92 Å². The number of carbonyl (C=O) groups is 1. The summed E-state index contributed by atoms with van der Waals surface area (Å²) >= 11 is 0. The minimum Gasteiger partial charge on any atom is -0.351 e. The molecule has 0 fully saturated rings. The van der Waals surface area contributed by atoms with E-state index >= 15 is 0 Å². The zero-order valence-electron chi connectivity index (χ0n) is 7.33. The molecule has 0 saturated heterocycles.